The summed E-state index contributed by atoms with van der Waals surface area (Å²) in [6.45, 7) is 0.490. The topological polar surface area (TPSA) is 49.0 Å². The smallest absolute Gasteiger partial charge is 0.334 e. The van der Waals surface area contributed by atoms with Gasteiger partial charge in [0.1, 0.15) is 5.82 Å². The molecule has 0 spiro atoms. The first-order valence-corrected chi connectivity index (χ1v) is 6.53. The molecule has 4 nitrogen and oxygen atoms in total. The predicted octanol–water partition coefficient (Wildman–Crippen LogP) is 2.77. The highest BCUT2D eigenvalue weighted by Gasteiger charge is 2.33. The molecule has 8 heteroatoms. The van der Waals surface area contributed by atoms with Gasteiger partial charge in [-0.2, -0.15) is 18.3 Å². The maximum atomic E-state index is 13.8. The summed E-state index contributed by atoms with van der Waals surface area (Å²) < 4.78 is 51.9. The molecular weight excluding hydrogens is 302 g/mol. The lowest BCUT2D eigenvalue weighted by Crippen LogP contribution is -2.36. The van der Waals surface area contributed by atoms with E-state index in [9.17, 15) is 22.4 Å². The summed E-state index contributed by atoms with van der Waals surface area (Å²) >= 11 is 0. The second-order valence-corrected chi connectivity index (χ2v) is 5.04. The number of halogens is 4. The zero-order valence-corrected chi connectivity index (χ0v) is 11.2. The third kappa shape index (κ3) is 2.56. The SMILES string of the molecule is O=C(c1cc(C(F)(F)F)ccc1F)N1CCc2[nH]ncc2C1. The van der Waals surface area contributed by atoms with Crippen LogP contribution >= 0.6 is 0 Å². The Labute approximate surface area is 122 Å². The third-order valence-electron chi connectivity index (χ3n) is 3.61. The molecule has 1 aromatic carbocycles. The minimum absolute atomic E-state index is 0.195. The van der Waals surface area contributed by atoms with Crippen molar-refractivity contribution in [1.29, 1.82) is 0 Å². The average Bonchev–Trinajstić information content (AvgIpc) is 2.93. The standard InChI is InChI=1S/C14H11F4N3O/c15-11-2-1-9(14(16,17)18)5-10(11)13(22)21-4-3-12-8(7-21)6-19-20-12/h1-2,5-6H,3-4,7H2,(H,19,20). The number of carbonyl (C=O) groups excluding carboxylic acids is 1. The molecule has 22 heavy (non-hydrogen) atoms. The van der Waals surface area contributed by atoms with E-state index in [2.05, 4.69) is 10.2 Å². The van der Waals surface area contributed by atoms with Crippen molar-refractivity contribution in [3.8, 4) is 0 Å². The molecule has 0 saturated heterocycles. The summed E-state index contributed by atoms with van der Waals surface area (Å²) in [7, 11) is 0. The molecule has 1 aliphatic heterocycles. The second-order valence-electron chi connectivity index (χ2n) is 5.04. The molecule has 1 aromatic heterocycles. The maximum Gasteiger partial charge on any atom is 0.416 e. The minimum atomic E-state index is -4.62. The third-order valence-corrected chi connectivity index (χ3v) is 3.61. The van der Waals surface area contributed by atoms with Gasteiger partial charge in [-0.3, -0.25) is 9.89 Å². The molecule has 0 atom stereocenters. The van der Waals surface area contributed by atoms with E-state index < -0.39 is 29.0 Å². The Kier molecular flexibility index (Phi) is 3.38. The van der Waals surface area contributed by atoms with Gasteiger partial charge in [-0.25, -0.2) is 4.39 Å². The number of hydrogen-bond donors (Lipinski definition) is 1. The van der Waals surface area contributed by atoms with Crippen LogP contribution in [0.1, 0.15) is 27.2 Å². The molecule has 116 valence electrons. The summed E-state index contributed by atoms with van der Waals surface area (Å²) in [5.41, 5.74) is 0.0561. The van der Waals surface area contributed by atoms with E-state index in [4.69, 9.17) is 0 Å². The van der Waals surface area contributed by atoms with Crippen molar-refractivity contribution < 1.29 is 22.4 Å². The Balaban J connectivity index is 1.90. The fraction of sp³-hybridized carbons (Fsp3) is 0.286. The number of alkyl halides is 3. The zero-order valence-electron chi connectivity index (χ0n) is 11.2. The van der Waals surface area contributed by atoms with E-state index in [-0.39, 0.29) is 6.54 Å². The highest BCUT2D eigenvalue weighted by atomic mass is 19.4. The van der Waals surface area contributed by atoms with Crippen molar-refractivity contribution in [3.05, 3.63) is 52.6 Å². The van der Waals surface area contributed by atoms with Crippen LogP contribution in [-0.2, 0) is 19.1 Å². The van der Waals surface area contributed by atoms with Gasteiger partial charge in [0.25, 0.3) is 5.91 Å². The Bertz CT molecular complexity index is 723. The van der Waals surface area contributed by atoms with Crippen LogP contribution in [0.15, 0.2) is 24.4 Å². The number of carbonyl (C=O) groups is 1. The number of rotatable bonds is 1. The van der Waals surface area contributed by atoms with E-state index in [1.807, 2.05) is 0 Å². The number of amides is 1. The van der Waals surface area contributed by atoms with Crippen LogP contribution in [0.2, 0.25) is 0 Å². The largest absolute Gasteiger partial charge is 0.416 e. The molecule has 0 aliphatic carbocycles. The van der Waals surface area contributed by atoms with Gasteiger partial charge in [0.2, 0.25) is 0 Å². The van der Waals surface area contributed by atoms with Gasteiger partial charge in [0.15, 0.2) is 0 Å². The lowest BCUT2D eigenvalue weighted by Gasteiger charge is -2.27. The fourth-order valence-electron chi connectivity index (χ4n) is 2.43. The van der Waals surface area contributed by atoms with Gasteiger partial charge in [-0.1, -0.05) is 0 Å². The van der Waals surface area contributed by atoms with E-state index in [0.29, 0.717) is 31.2 Å². The number of hydrogen-bond acceptors (Lipinski definition) is 2. The van der Waals surface area contributed by atoms with E-state index in [0.717, 1.165) is 11.3 Å². The molecule has 2 aromatic rings. The van der Waals surface area contributed by atoms with Crippen molar-refractivity contribution in [3.63, 3.8) is 0 Å². The van der Waals surface area contributed by atoms with Crippen molar-refractivity contribution in [2.75, 3.05) is 6.54 Å². The average molecular weight is 313 g/mol. The lowest BCUT2D eigenvalue weighted by atomic mass is 10.0. The summed E-state index contributed by atoms with van der Waals surface area (Å²) in [5.74, 6) is -1.72. The molecule has 0 saturated carbocycles. The monoisotopic (exact) mass is 313 g/mol. The Morgan fingerprint density at radius 3 is 2.82 bits per heavy atom. The first-order valence-electron chi connectivity index (χ1n) is 6.53. The van der Waals surface area contributed by atoms with Gasteiger partial charge in [-0.05, 0) is 18.2 Å². The molecular formula is C14H11F4N3O. The molecule has 0 unspecified atom stereocenters. The van der Waals surface area contributed by atoms with Crippen LogP contribution in [0.25, 0.3) is 0 Å². The Morgan fingerprint density at radius 2 is 2.09 bits per heavy atom. The van der Waals surface area contributed by atoms with E-state index in [1.165, 1.54) is 4.90 Å². The van der Waals surface area contributed by atoms with E-state index in [1.54, 1.807) is 6.20 Å². The van der Waals surface area contributed by atoms with Crippen LogP contribution in [0.4, 0.5) is 17.6 Å². The molecule has 1 amide bonds. The molecule has 0 radical (unpaired) electrons. The molecule has 1 aliphatic rings. The van der Waals surface area contributed by atoms with Crippen molar-refractivity contribution in [1.82, 2.24) is 15.1 Å². The quantitative estimate of drug-likeness (QED) is 0.823. The number of fused-ring (bicyclic) bond motifs is 1. The van der Waals surface area contributed by atoms with Gasteiger partial charge in [0.05, 0.1) is 17.3 Å². The summed E-state index contributed by atoms with van der Waals surface area (Å²) in [5, 5.41) is 6.63. The maximum absolute atomic E-state index is 13.8. The van der Waals surface area contributed by atoms with Crippen molar-refractivity contribution in [2.24, 2.45) is 0 Å². The number of aromatic nitrogens is 2. The number of aromatic amines is 1. The van der Waals surface area contributed by atoms with Gasteiger partial charge in [-0.15, -0.1) is 0 Å². The van der Waals surface area contributed by atoms with Crippen LogP contribution in [0.3, 0.4) is 0 Å². The summed E-state index contributed by atoms with van der Waals surface area (Å²) in [6.07, 6.45) is -2.57. The van der Waals surface area contributed by atoms with Gasteiger partial charge >= 0.3 is 6.18 Å². The summed E-state index contributed by atoms with van der Waals surface area (Å²) in [6, 6.07) is 1.85. The number of nitrogens with one attached hydrogen (secondary N) is 1. The normalized spacial score (nSPS) is 14.8. The minimum Gasteiger partial charge on any atom is -0.334 e. The van der Waals surface area contributed by atoms with Crippen LogP contribution in [-0.4, -0.2) is 27.5 Å². The summed E-state index contributed by atoms with van der Waals surface area (Å²) in [4.78, 5) is 13.6. The molecule has 1 N–H and O–H groups in total. The van der Waals surface area contributed by atoms with Crippen molar-refractivity contribution >= 4 is 5.91 Å². The Hall–Kier alpha value is -2.38. The predicted molar refractivity (Wildman–Crippen MR) is 68.4 cm³/mol. The number of nitrogens with zero attached hydrogens (tertiary/aromatic N) is 2. The van der Waals surface area contributed by atoms with Crippen molar-refractivity contribution in [2.45, 2.75) is 19.1 Å². The number of benzene rings is 1. The van der Waals surface area contributed by atoms with Crippen LogP contribution in [0.5, 0.6) is 0 Å². The van der Waals surface area contributed by atoms with Crippen LogP contribution in [0, 0.1) is 5.82 Å². The first-order chi connectivity index (χ1) is 10.4. The Morgan fingerprint density at radius 1 is 1.32 bits per heavy atom. The van der Waals surface area contributed by atoms with E-state index >= 15 is 0 Å². The van der Waals surface area contributed by atoms with Gasteiger partial charge < -0.3 is 4.90 Å². The molecule has 0 fully saturated rings. The first kappa shape index (κ1) is 14.6. The van der Waals surface area contributed by atoms with Gasteiger partial charge in [0, 0.05) is 30.8 Å². The lowest BCUT2D eigenvalue weighted by molar-refractivity contribution is -0.137. The number of H-pyrrole nitrogens is 1. The van der Waals surface area contributed by atoms with Crippen LogP contribution < -0.4 is 0 Å². The highest BCUT2D eigenvalue weighted by Crippen LogP contribution is 2.31. The zero-order chi connectivity index (χ0) is 15.9. The highest BCUT2D eigenvalue weighted by molar-refractivity contribution is 5.94. The molecule has 0 bridgehead atoms. The molecule has 2 heterocycles. The second kappa shape index (κ2) is 5.11. The molecule has 3 rings (SSSR count). The fourth-order valence-corrected chi connectivity index (χ4v) is 2.43.